The maximum atomic E-state index is 12.4. The van der Waals surface area contributed by atoms with Gasteiger partial charge >= 0.3 is 5.97 Å². The second kappa shape index (κ2) is 6.89. The summed E-state index contributed by atoms with van der Waals surface area (Å²) in [5.74, 6) is -1.61. The second-order valence-corrected chi connectivity index (χ2v) is 6.23. The van der Waals surface area contributed by atoms with E-state index in [-0.39, 0.29) is 17.8 Å². The van der Waals surface area contributed by atoms with E-state index in [1.807, 2.05) is 0 Å². The quantitative estimate of drug-likeness (QED) is 0.194. The zero-order chi connectivity index (χ0) is 18.9. The molecule has 0 unspecified atom stereocenters. The van der Waals surface area contributed by atoms with Crippen LogP contribution >= 0.6 is 0 Å². The zero-order valence-electron chi connectivity index (χ0n) is 14.0. The Morgan fingerprint density at radius 3 is 2.69 bits per heavy atom. The van der Waals surface area contributed by atoms with Crippen molar-refractivity contribution < 1.29 is 28.7 Å². The molecular weight excluding hydrogens is 348 g/mol. The van der Waals surface area contributed by atoms with Crippen molar-refractivity contribution in [2.45, 2.75) is 44.2 Å². The van der Waals surface area contributed by atoms with Crippen LogP contribution in [-0.4, -0.2) is 47.8 Å². The lowest BCUT2D eigenvalue weighted by Crippen LogP contribution is -2.39. The third-order valence-electron chi connectivity index (χ3n) is 3.97. The number of hydrogen-bond acceptors (Lipinski definition) is 8. The number of hydrogen-bond donors (Lipinski definition) is 0. The van der Waals surface area contributed by atoms with Crippen molar-refractivity contribution in [1.29, 1.82) is 0 Å². The predicted molar refractivity (Wildman–Crippen MR) is 85.0 cm³/mol. The van der Waals surface area contributed by atoms with Gasteiger partial charge in [0, 0.05) is 17.0 Å². The van der Waals surface area contributed by atoms with Gasteiger partial charge in [-0.1, -0.05) is 5.11 Å². The van der Waals surface area contributed by atoms with Crippen molar-refractivity contribution in [2.24, 2.45) is 5.11 Å². The molecule has 2 heterocycles. The van der Waals surface area contributed by atoms with E-state index in [0.717, 1.165) is 0 Å². The maximum Gasteiger partial charge on any atom is 0.338 e. The molecule has 2 aliphatic heterocycles. The number of benzene rings is 1. The number of ether oxygens (including phenoxy) is 4. The molecular formula is C15H16N4O7. The minimum absolute atomic E-state index is 0.0607. The summed E-state index contributed by atoms with van der Waals surface area (Å²) in [5.41, 5.74) is 8.51. The van der Waals surface area contributed by atoms with Crippen LogP contribution in [0.2, 0.25) is 0 Å². The van der Waals surface area contributed by atoms with E-state index in [1.54, 1.807) is 13.8 Å². The number of azide groups is 1. The minimum atomic E-state index is -0.906. The second-order valence-electron chi connectivity index (χ2n) is 6.23. The Morgan fingerprint density at radius 2 is 2.08 bits per heavy atom. The van der Waals surface area contributed by atoms with Crippen molar-refractivity contribution in [3.8, 4) is 0 Å². The Labute approximate surface area is 147 Å². The first-order chi connectivity index (χ1) is 12.3. The summed E-state index contributed by atoms with van der Waals surface area (Å²) < 4.78 is 22.5. The molecule has 3 rings (SSSR count). The van der Waals surface area contributed by atoms with Crippen LogP contribution in [0.3, 0.4) is 0 Å². The van der Waals surface area contributed by atoms with E-state index >= 15 is 0 Å². The lowest BCUT2D eigenvalue weighted by molar-refractivity contribution is -0.384. The van der Waals surface area contributed by atoms with Crippen molar-refractivity contribution in [2.75, 3.05) is 6.54 Å². The fourth-order valence-electron chi connectivity index (χ4n) is 2.86. The molecule has 2 aliphatic rings. The van der Waals surface area contributed by atoms with Gasteiger partial charge in [-0.3, -0.25) is 10.1 Å². The standard InChI is InChI=1S/C15H16N4O7/c1-15(2)25-12-11(10(7-17-18-16)23-14(12)26-15)24-13(20)8-3-5-9(6-4-8)19(21)22/h3-6,10-12,14H,7H2,1-2H3/t10-,11+,12-,14-/m1/s1. The summed E-state index contributed by atoms with van der Waals surface area (Å²) in [6.45, 7) is 3.34. The first-order valence-corrected chi connectivity index (χ1v) is 7.78. The molecule has 0 aliphatic carbocycles. The molecule has 2 fully saturated rings. The average Bonchev–Trinajstić information content (AvgIpc) is 3.05. The molecule has 0 N–H and O–H groups in total. The van der Waals surface area contributed by atoms with E-state index in [4.69, 9.17) is 24.5 Å². The monoisotopic (exact) mass is 364 g/mol. The first-order valence-electron chi connectivity index (χ1n) is 7.78. The van der Waals surface area contributed by atoms with Crippen molar-refractivity contribution in [3.05, 3.63) is 50.4 Å². The van der Waals surface area contributed by atoms with Gasteiger partial charge in [-0.05, 0) is 31.5 Å². The summed E-state index contributed by atoms with van der Waals surface area (Å²) in [7, 11) is 0. The molecule has 0 radical (unpaired) electrons. The molecule has 138 valence electrons. The number of carbonyl (C=O) groups is 1. The summed E-state index contributed by atoms with van der Waals surface area (Å²) in [6, 6.07) is 5.01. The van der Waals surface area contributed by atoms with Crippen LogP contribution in [0.4, 0.5) is 5.69 Å². The molecule has 0 aromatic heterocycles. The largest absolute Gasteiger partial charge is 0.453 e. The van der Waals surface area contributed by atoms with Crippen LogP contribution in [0.5, 0.6) is 0 Å². The lowest BCUT2D eigenvalue weighted by Gasteiger charge is -2.25. The topological polar surface area (TPSA) is 146 Å². The van der Waals surface area contributed by atoms with Crippen molar-refractivity contribution in [3.63, 3.8) is 0 Å². The number of non-ortho nitro benzene ring substituents is 1. The molecule has 4 atom stereocenters. The summed E-state index contributed by atoms with van der Waals surface area (Å²) in [6.07, 6.45) is -3.00. The smallest absolute Gasteiger partial charge is 0.338 e. The van der Waals surface area contributed by atoms with Crippen LogP contribution in [0.15, 0.2) is 29.4 Å². The average molecular weight is 364 g/mol. The van der Waals surface area contributed by atoms with Gasteiger partial charge < -0.3 is 18.9 Å². The number of esters is 1. The van der Waals surface area contributed by atoms with Gasteiger partial charge in [0.05, 0.1) is 17.0 Å². The fraction of sp³-hybridized carbons (Fsp3) is 0.533. The van der Waals surface area contributed by atoms with E-state index < -0.39 is 41.3 Å². The third kappa shape index (κ3) is 3.60. The Balaban J connectivity index is 1.76. The van der Waals surface area contributed by atoms with Crippen LogP contribution in [0.25, 0.3) is 10.4 Å². The minimum Gasteiger partial charge on any atom is -0.453 e. The van der Waals surface area contributed by atoms with Crippen molar-refractivity contribution >= 4 is 11.7 Å². The molecule has 26 heavy (non-hydrogen) atoms. The maximum absolute atomic E-state index is 12.4. The highest BCUT2D eigenvalue weighted by molar-refractivity contribution is 5.89. The third-order valence-corrected chi connectivity index (χ3v) is 3.97. The Kier molecular flexibility index (Phi) is 4.79. The van der Waals surface area contributed by atoms with E-state index in [0.29, 0.717) is 0 Å². The van der Waals surface area contributed by atoms with Crippen LogP contribution in [0, 0.1) is 10.1 Å². The van der Waals surface area contributed by atoms with Gasteiger partial charge in [0.2, 0.25) is 0 Å². The van der Waals surface area contributed by atoms with Crippen LogP contribution in [0.1, 0.15) is 24.2 Å². The Morgan fingerprint density at radius 1 is 1.38 bits per heavy atom. The van der Waals surface area contributed by atoms with Crippen molar-refractivity contribution in [1.82, 2.24) is 0 Å². The van der Waals surface area contributed by atoms with Gasteiger partial charge in [0.15, 0.2) is 24.3 Å². The molecule has 11 nitrogen and oxygen atoms in total. The molecule has 1 aromatic rings. The summed E-state index contributed by atoms with van der Waals surface area (Å²) in [5, 5.41) is 14.1. The van der Waals surface area contributed by atoms with E-state index in [2.05, 4.69) is 10.0 Å². The zero-order valence-corrected chi connectivity index (χ0v) is 14.0. The van der Waals surface area contributed by atoms with E-state index in [9.17, 15) is 14.9 Å². The van der Waals surface area contributed by atoms with Gasteiger partial charge in [-0.25, -0.2) is 4.79 Å². The molecule has 11 heteroatoms. The number of rotatable bonds is 5. The summed E-state index contributed by atoms with van der Waals surface area (Å²) in [4.78, 5) is 25.2. The van der Waals surface area contributed by atoms with E-state index in [1.165, 1.54) is 24.3 Å². The summed E-state index contributed by atoms with van der Waals surface area (Å²) >= 11 is 0. The van der Waals surface area contributed by atoms with Gasteiger partial charge in [-0.15, -0.1) is 0 Å². The van der Waals surface area contributed by atoms with Gasteiger partial charge in [0.25, 0.3) is 5.69 Å². The Hall–Kier alpha value is -2.72. The van der Waals surface area contributed by atoms with Crippen LogP contribution in [-0.2, 0) is 18.9 Å². The number of nitro benzene ring substituents is 1. The number of nitro groups is 1. The van der Waals surface area contributed by atoms with Crippen LogP contribution < -0.4 is 0 Å². The highest BCUT2D eigenvalue weighted by Gasteiger charge is 2.56. The number of nitrogens with zero attached hydrogens (tertiary/aromatic N) is 4. The molecule has 0 spiro atoms. The normalized spacial score (nSPS) is 28.8. The molecule has 0 amide bonds. The van der Waals surface area contributed by atoms with Gasteiger partial charge in [0.1, 0.15) is 6.10 Å². The predicted octanol–water partition coefficient (Wildman–Crippen LogP) is 2.31. The first kappa shape index (κ1) is 18.1. The molecule has 2 saturated heterocycles. The highest BCUT2D eigenvalue weighted by atomic mass is 16.8. The molecule has 1 aromatic carbocycles. The molecule has 0 bridgehead atoms. The molecule has 0 saturated carbocycles. The fourth-order valence-corrected chi connectivity index (χ4v) is 2.86. The number of carbonyl (C=O) groups excluding carboxylic acids is 1. The SMILES string of the molecule is CC1(C)O[C@H]2O[C@H](CN=[N+]=[N-])[C@H](OC(=O)c3ccc([N+](=O)[O-])cc3)[C@H]2O1. The lowest BCUT2D eigenvalue weighted by atomic mass is 10.1. The highest BCUT2D eigenvalue weighted by Crippen LogP contribution is 2.39. The van der Waals surface area contributed by atoms with Gasteiger partial charge in [-0.2, -0.15) is 0 Å². The number of fused-ring (bicyclic) bond motifs is 1. The Bertz CT molecular complexity index is 760.